The van der Waals surface area contributed by atoms with Crippen molar-refractivity contribution in [1.29, 1.82) is 0 Å². The van der Waals surface area contributed by atoms with Crippen molar-refractivity contribution in [3.63, 3.8) is 0 Å². The van der Waals surface area contributed by atoms with E-state index in [1.165, 1.54) is 19.3 Å². The molecule has 0 bridgehead atoms. The summed E-state index contributed by atoms with van der Waals surface area (Å²) in [6.07, 6.45) is 5.92. The van der Waals surface area contributed by atoms with Crippen LogP contribution in [-0.2, 0) is 14.3 Å². The number of aromatic nitrogens is 1. The van der Waals surface area contributed by atoms with Gasteiger partial charge in [0.1, 0.15) is 11.5 Å². The summed E-state index contributed by atoms with van der Waals surface area (Å²) >= 11 is 0. The van der Waals surface area contributed by atoms with Crippen LogP contribution in [0.25, 0.3) is 11.3 Å². The predicted molar refractivity (Wildman–Crippen MR) is 96.1 cm³/mol. The Hall–Kier alpha value is -1.66. The first kappa shape index (κ1) is 18.1. The van der Waals surface area contributed by atoms with Crippen molar-refractivity contribution in [2.75, 3.05) is 6.61 Å². The molecule has 1 aliphatic carbocycles. The van der Waals surface area contributed by atoms with E-state index in [1.807, 2.05) is 13.8 Å². The van der Waals surface area contributed by atoms with Gasteiger partial charge in [0.2, 0.25) is 0 Å². The van der Waals surface area contributed by atoms with E-state index in [0.29, 0.717) is 5.92 Å². The number of benzene rings is 1. The summed E-state index contributed by atoms with van der Waals surface area (Å²) < 4.78 is 35.2. The molecule has 5 nitrogen and oxygen atoms in total. The molecular formula is C19H25NO4S. The minimum absolute atomic E-state index is 0.111. The van der Waals surface area contributed by atoms with Crippen LogP contribution >= 0.6 is 0 Å². The Labute approximate surface area is 149 Å². The lowest BCUT2D eigenvalue weighted by Crippen LogP contribution is -2.06. The number of aryl methyl sites for hydroxylation is 2. The monoisotopic (exact) mass is 363 g/mol. The lowest BCUT2D eigenvalue weighted by molar-refractivity contribution is 0.338. The minimum Gasteiger partial charge on any atom is -0.445 e. The summed E-state index contributed by atoms with van der Waals surface area (Å²) in [5.41, 5.74) is 2.47. The zero-order chi connectivity index (χ0) is 18.0. The molecule has 0 atom stereocenters. The summed E-state index contributed by atoms with van der Waals surface area (Å²) in [6.45, 7) is 5.60. The van der Waals surface area contributed by atoms with E-state index in [2.05, 4.69) is 0 Å². The minimum atomic E-state index is -3.74. The molecule has 1 saturated carbocycles. The van der Waals surface area contributed by atoms with E-state index in [-0.39, 0.29) is 11.5 Å². The van der Waals surface area contributed by atoms with E-state index in [4.69, 9.17) is 13.6 Å². The SMILES string of the molecule is CCOS(=O)(=O)c1ccc(C)c(-c2nc(C3CCCCC3)oc2C)c1. The smallest absolute Gasteiger partial charge is 0.296 e. The van der Waals surface area contributed by atoms with E-state index in [9.17, 15) is 8.42 Å². The van der Waals surface area contributed by atoms with E-state index < -0.39 is 10.1 Å². The lowest BCUT2D eigenvalue weighted by Gasteiger charge is -2.17. The first-order valence-electron chi connectivity index (χ1n) is 8.90. The van der Waals surface area contributed by atoms with E-state index in [0.717, 1.165) is 41.3 Å². The maximum atomic E-state index is 12.2. The fourth-order valence-corrected chi connectivity index (χ4v) is 4.37. The highest BCUT2D eigenvalue weighted by molar-refractivity contribution is 7.86. The van der Waals surface area contributed by atoms with Gasteiger partial charge >= 0.3 is 0 Å². The van der Waals surface area contributed by atoms with Crippen molar-refractivity contribution >= 4 is 10.1 Å². The Morgan fingerprint density at radius 1 is 1.20 bits per heavy atom. The molecule has 1 aromatic carbocycles. The van der Waals surface area contributed by atoms with Gasteiger partial charge in [0.25, 0.3) is 10.1 Å². The number of oxazole rings is 1. The van der Waals surface area contributed by atoms with Crippen molar-refractivity contribution in [1.82, 2.24) is 4.98 Å². The van der Waals surface area contributed by atoms with Crippen LogP contribution < -0.4 is 0 Å². The molecule has 3 rings (SSSR count). The third-order valence-electron chi connectivity index (χ3n) is 4.79. The quantitative estimate of drug-likeness (QED) is 0.718. The molecule has 0 unspecified atom stereocenters. The van der Waals surface area contributed by atoms with Crippen LogP contribution in [0.15, 0.2) is 27.5 Å². The average Bonchev–Trinajstić information content (AvgIpc) is 2.97. The van der Waals surface area contributed by atoms with Crippen LogP contribution in [0, 0.1) is 13.8 Å². The summed E-state index contributed by atoms with van der Waals surface area (Å²) in [6, 6.07) is 4.99. The molecule has 0 spiro atoms. The topological polar surface area (TPSA) is 69.4 Å². The fraction of sp³-hybridized carbons (Fsp3) is 0.526. The van der Waals surface area contributed by atoms with Crippen molar-refractivity contribution in [3.05, 3.63) is 35.4 Å². The molecule has 0 radical (unpaired) electrons. The number of rotatable bonds is 5. The molecule has 2 aromatic rings. The number of hydrogen-bond donors (Lipinski definition) is 0. The Morgan fingerprint density at radius 2 is 1.92 bits per heavy atom. The third kappa shape index (κ3) is 3.80. The first-order chi connectivity index (χ1) is 11.9. The molecule has 6 heteroatoms. The molecule has 0 N–H and O–H groups in total. The molecular weight excluding hydrogens is 338 g/mol. The van der Waals surface area contributed by atoms with Gasteiger partial charge in [-0.1, -0.05) is 25.3 Å². The predicted octanol–water partition coefficient (Wildman–Crippen LogP) is 4.73. The Morgan fingerprint density at radius 3 is 2.60 bits per heavy atom. The van der Waals surface area contributed by atoms with Gasteiger partial charge in [-0.25, -0.2) is 4.98 Å². The van der Waals surface area contributed by atoms with Crippen molar-refractivity contribution in [2.24, 2.45) is 0 Å². The molecule has 136 valence electrons. The fourth-order valence-electron chi connectivity index (χ4n) is 3.43. The van der Waals surface area contributed by atoms with Gasteiger partial charge in [-0.15, -0.1) is 0 Å². The van der Waals surface area contributed by atoms with Crippen LogP contribution in [-0.4, -0.2) is 20.0 Å². The first-order valence-corrected chi connectivity index (χ1v) is 10.3. The average molecular weight is 363 g/mol. The molecule has 0 amide bonds. The van der Waals surface area contributed by atoms with Crippen molar-refractivity contribution in [3.8, 4) is 11.3 Å². The zero-order valence-corrected chi connectivity index (χ0v) is 15.9. The van der Waals surface area contributed by atoms with Crippen LogP contribution in [0.5, 0.6) is 0 Å². The second-order valence-corrected chi connectivity index (χ2v) is 8.24. The van der Waals surface area contributed by atoms with Gasteiger partial charge in [-0.05, 0) is 51.3 Å². The number of nitrogens with zero attached hydrogens (tertiary/aromatic N) is 1. The van der Waals surface area contributed by atoms with Crippen LogP contribution in [0.4, 0.5) is 0 Å². The van der Waals surface area contributed by atoms with Gasteiger partial charge < -0.3 is 4.42 Å². The van der Waals surface area contributed by atoms with Crippen molar-refractivity contribution in [2.45, 2.75) is 63.7 Å². The van der Waals surface area contributed by atoms with Gasteiger partial charge in [0, 0.05) is 11.5 Å². The molecule has 0 saturated heterocycles. The summed E-state index contributed by atoms with van der Waals surface area (Å²) in [5.74, 6) is 1.89. The Bertz CT molecular complexity index is 848. The highest BCUT2D eigenvalue weighted by Gasteiger charge is 2.24. The maximum Gasteiger partial charge on any atom is 0.296 e. The summed E-state index contributed by atoms with van der Waals surface area (Å²) in [7, 11) is -3.74. The van der Waals surface area contributed by atoms with Gasteiger partial charge in [-0.2, -0.15) is 8.42 Å². The van der Waals surface area contributed by atoms with E-state index >= 15 is 0 Å². The standard InChI is InChI=1S/C19H25NO4S/c1-4-23-25(21,22)16-11-10-13(2)17(12-16)18-14(3)24-19(20-18)15-8-6-5-7-9-15/h10-12,15H,4-9H2,1-3H3. The third-order valence-corrected chi connectivity index (χ3v) is 6.17. The Balaban J connectivity index is 2.00. The van der Waals surface area contributed by atoms with Crippen molar-refractivity contribution < 1.29 is 17.0 Å². The van der Waals surface area contributed by atoms with Gasteiger partial charge in [-0.3, -0.25) is 4.18 Å². The van der Waals surface area contributed by atoms with Gasteiger partial charge in [0.15, 0.2) is 5.89 Å². The molecule has 1 aromatic heterocycles. The molecule has 0 aliphatic heterocycles. The number of hydrogen-bond acceptors (Lipinski definition) is 5. The molecule has 25 heavy (non-hydrogen) atoms. The lowest BCUT2D eigenvalue weighted by atomic mass is 9.89. The second kappa shape index (κ2) is 7.30. The molecule has 1 heterocycles. The van der Waals surface area contributed by atoms with Crippen LogP contribution in [0.3, 0.4) is 0 Å². The Kier molecular flexibility index (Phi) is 5.29. The normalized spacial score (nSPS) is 16.3. The maximum absolute atomic E-state index is 12.2. The van der Waals surface area contributed by atoms with E-state index in [1.54, 1.807) is 25.1 Å². The largest absolute Gasteiger partial charge is 0.445 e. The van der Waals surface area contributed by atoms with Crippen LogP contribution in [0.2, 0.25) is 0 Å². The highest BCUT2D eigenvalue weighted by atomic mass is 32.2. The zero-order valence-electron chi connectivity index (χ0n) is 15.0. The van der Waals surface area contributed by atoms with Crippen LogP contribution in [0.1, 0.15) is 62.2 Å². The van der Waals surface area contributed by atoms with Gasteiger partial charge in [0.05, 0.1) is 11.5 Å². The summed E-state index contributed by atoms with van der Waals surface area (Å²) in [5, 5.41) is 0. The second-order valence-electron chi connectivity index (χ2n) is 6.63. The summed E-state index contributed by atoms with van der Waals surface area (Å²) in [4.78, 5) is 4.88. The molecule has 1 aliphatic rings. The highest BCUT2D eigenvalue weighted by Crippen LogP contribution is 2.36. The molecule has 1 fully saturated rings.